The fourth-order valence-corrected chi connectivity index (χ4v) is 3.43. The molecule has 1 saturated heterocycles. The predicted octanol–water partition coefficient (Wildman–Crippen LogP) is 5.04. The number of piperidine rings is 1. The topological polar surface area (TPSA) is 29.5 Å². The van der Waals surface area contributed by atoms with Crippen LogP contribution in [0, 0.1) is 0 Å². The number of carbonyl (C=O) groups is 1. The van der Waals surface area contributed by atoms with E-state index in [0.29, 0.717) is 12.6 Å². The van der Waals surface area contributed by atoms with E-state index in [1.807, 2.05) is 53.4 Å². The van der Waals surface area contributed by atoms with Crippen molar-refractivity contribution in [3.05, 3.63) is 64.1 Å². The van der Waals surface area contributed by atoms with Gasteiger partial charge in [-0.15, -0.1) is 0 Å². The van der Waals surface area contributed by atoms with Gasteiger partial charge in [0.15, 0.2) is 0 Å². The summed E-state index contributed by atoms with van der Waals surface area (Å²) < 4.78 is 6.75. The Labute approximate surface area is 151 Å². The number of para-hydroxylation sites is 1. The normalized spacial score (nSPS) is 17.6. The van der Waals surface area contributed by atoms with E-state index >= 15 is 0 Å². The zero-order valence-corrected chi connectivity index (χ0v) is 15.5. The van der Waals surface area contributed by atoms with Crippen LogP contribution in [0.5, 0.6) is 5.75 Å². The second-order valence-electron chi connectivity index (χ2n) is 6.26. The minimum absolute atomic E-state index is 0.139. The van der Waals surface area contributed by atoms with Crippen LogP contribution >= 0.6 is 15.9 Å². The maximum Gasteiger partial charge on any atom is 0.254 e. The van der Waals surface area contributed by atoms with Crippen molar-refractivity contribution in [1.82, 2.24) is 4.90 Å². The molecule has 0 aromatic heterocycles. The molecule has 24 heavy (non-hydrogen) atoms. The molecule has 0 unspecified atom stereocenters. The number of carbonyl (C=O) groups excluding carboxylic acids is 1. The standard InChI is InChI=1S/C20H22BrNO2/c1-15-6-4-5-13-22(15)20(23)17-11-9-16(10-12-17)14-24-19-8-3-2-7-18(19)21/h2-3,7-12,15H,4-6,13-14H2,1H3/t15-/m1/s1. The molecule has 1 aliphatic heterocycles. The molecule has 1 heterocycles. The third-order valence-corrected chi connectivity index (χ3v) is 5.15. The van der Waals surface area contributed by atoms with E-state index in [0.717, 1.165) is 40.7 Å². The van der Waals surface area contributed by atoms with Gasteiger partial charge in [0, 0.05) is 18.2 Å². The molecular weight excluding hydrogens is 366 g/mol. The highest BCUT2D eigenvalue weighted by atomic mass is 79.9. The van der Waals surface area contributed by atoms with Crippen molar-refractivity contribution in [1.29, 1.82) is 0 Å². The molecule has 0 aliphatic carbocycles. The Hall–Kier alpha value is -1.81. The number of ether oxygens (including phenoxy) is 1. The van der Waals surface area contributed by atoms with Crippen LogP contribution in [0.15, 0.2) is 53.0 Å². The molecule has 4 heteroatoms. The molecule has 1 aliphatic rings. The van der Waals surface area contributed by atoms with E-state index in [1.165, 1.54) is 6.42 Å². The van der Waals surface area contributed by atoms with Gasteiger partial charge in [0.05, 0.1) is 4.47 Å². The fraction of sp³-hybridized carbons (Fsp3) is 0.350. The highest BCUT2D eigenvalue weighted by Gasteiger charge is 2.23. The summed E-state index contributed by atoms with van der Waals surface area (Å²) in [5.74, 6) is 0.959. The second kappa shape index (κ2) is 7.84. The first-order valence-electron chi connectivity index (χ1n) is 8.42. The summed E-state index contributed by atoms with van der Waals surface area (Å²) in [7, 11) is 0. The molecule has 0 bridgehead atoms. The average Bonchev–Trinajstić information content (AvgIpc) is 2.61. The molecule has 126 valence electrons. The lowest BCUT2D eigenvalue weighted by molar-refractivity contribution is 0.0635. The van der Waals surface area contributed by atoms with Crippen LogP contribution in [0.1, 0.15) is 42.1 Å². The summed E-state index contributed by atoms with van der Waals surface area (Å²) in [5.41, 5.74) is 1.81. The zero-order valence-electron chi connectivity index (χ0n) is 13.9. The summed E-state index contributed by atoms with van der Waals surface area (Å²) in [6, 6.07) is 15.9. The minimum Gasteiger partial charge on any atom is -0.488 e. The van der Waals surface area contributed by atoms with Crippen LogP contribution in [0.2, 0.25) is 0 Å². The van der Waals surface area contributed by atoms with Gasteiger partial charge in [-0.3, -0.25) is 4.79 Å². The number of hydrogen-bond acceptors (Lipinski definition) is 2. The first kappa shape index (κ1) is 17.0. The maximum atomic E-state index is 12.6. The van der Waals surface area contributed by atoms with Crippen LogP contribution in [0.4, 0.5) is 0 Å². The van der Waals surface area contributed by atoms with Crippen LogP contribution < -0.4 is 4.74 Å². The van der Waals surface area contributed by atoms with Gasteiger partial charge in [-0.05, 0) is 71.9 Å². The van der Waals surface area contributed by atoms with Gasteiger partial charge in [-0.1, -0.05) is 24.3 Å². The van der Waals surface area contributed by atoms with E-state index in [9.17, 15) is 4.79 Å². The Balaban J connectivity index is 1.63. The van der Waals surface area contributed by atoms with Crippen LogP contribution in [0.3, 0.4) is 0 Å². The molecule has 2 aromatic rings. The first-order chi connectivity index (χ1) is 11.6. The van der Waals surface area contributed by atoms with Gasteiger partial charge in [-0.2, -0.15) is 0 Å². The Morgan fingerprint density at radius 1 is 1.17 bits per heavy atom. The molecule has 3 nitrogen and oxygen atoms in total. The molecular formula is C20H22BrNO2. The zero-order chi connectivity index (χ0) is 16.9. The molecule has 0 saturated carbocycles. The number of rotatable bonds is 4. The SMILES string of the molecule is C[C@@H]1CCCCN1C(=O)c1ccc(COc2ccccc2Br)cc1. The molecule has 2 aromatic carbocycles. The van der Waals surface area contributed by atoms with Crippen molar-refractivity contribution in [3.8, 4) is 5.75 Å². The Morgan fingerprint density at radius 3 is 2.62 bits per heavy atom. The van der Waals surface area contributed by atoms with Gasteiger partial charge in [0.1, 0.15) is 12.4 Å². The summed E-state index contributed by atoms with van der Waals surface area (Å²) in [6.07, 6.45) is 3.42. The van der Waals surface area contributed by atoms with Crippen molar-refractivity contribution in [2.75, 3.05) is 6.54 Å². The Kier molecular flexibility index (Phi) is 5.56. The minimum atomic E-state index is 0.139. The third kappa shape index (κ3) is 3.99. The van der Waals surface area contributed by atoms with E-state index in [-0.39, 0.29) is 5.91 Å². The summed E-state index contributed by atoms with van der Waals surface area (Å²) in [5, 5.41) is 0. The molecule has 3 rings (SSSR count). The number of halogens is 1. The summed E-state index contributed by atoms with van der Waals surface area (Å²) >= 11 is 3.47. The van der Waals surface area contributed by atoms with Crippen LogP contribution in [-0.2, 0) is 6.61 Å². The highest BCUT2D eigenvalue weighted by Crippen LogP contribution is 2.25. The lowest BCUT2D eigenvalue weighted by Crippen LogP contribution is -2.42. The third-order valence-electron chi connectivity index (χ3n) is 4.50. The molecule has 0 N–H and O–H groups in total. The van der Waals surface area contributed by atoms with E-state index in [2.05, 4.69) is 22.9 Å². The van der Waals surface area contributed by atoms with Gasteiger partial charge in [-0.25, -0.2) is 0 Å². The Bertz CT molecular complexity index is 699. The van der Waals surface area contributed by atoms with Crippen LogP contribution in [-0.4, -0.2) is 23.4 Å². The van der Waals surface area contributed by atoms with Crippen molar-refractivity contribution in [2.45, 2.75) is 38.8 Å². The first-order valence-corrected chi connectivity index (χ1v) is 9.21. The monoisotopic (exact) mass is 387 g/mol. The van der Waals surface area contributed by atoms with Gasteiger partial charge < -0.3 is 9.64 Å². The fourth-order valence-electron chi connectivity index (χ4n) is 3.03. The quantitative estimate of drug-likeness (QED) is 0.734. The Morgan fingerprint density at radius 2 is 1.92 bits per heavy atom. The van der Waals surface area contributed by atoms with Gasteiger partial charge in [0.2, 0.25) is 0 Å². The van der Waals surface area contributed by atoms with E-state index < -0.39 is 0 Å². The van der Waals surface area contributed by atoms with Crippen molar-refractivity contribution >= 4 is 21.8 Å². The number of hydrogen-bond donors (Lipinski definition) is 0. The lowest BCUT2D eigenvalue weighted by Gasteiger charge is -2.33. The number of likely N-dealkylation sites (tertiary alicyclic amines) is 1. The second-order valence-corrected chi connectivity index (χ2v) is 7.11. The van der Waals surface area contributed by atoms with Gasteiger partial charge in [0.25, 0.3) is 5.91 Å². The number of amides is 1. The van der Waals surface area contributed by atoms with Crippen molar-refractivity contribution in [2.24, 2.45) is 0 Å². The summed E-state index contributed by atoms with van der Waals surface area (Å²) in [4.78, 5) is 14.6. The predicted molar refractivity (Wildman–Crippen MR) is 99.3 cm³/mol. The van der Waals surface area contributed by atoms with Crippen LogP contribution in [0.25, 0.3) is 0 Å². The molecule has 0 radical (unpaired) electrons. The van der Waals surface area contributed by atoms with Gasteiger partial charge >= 0.3 is 0 Å². The van der Waals surface area contributed by atoms with Crippen molar-refractivity contribution < 1.29 is 9.53 Å². The number of nitrogens with zero attached hydrogens (tertiary/aromatic N) is 1. The molecule has 0 spiro atoms. The maximum absolute atomic E-state index is 12.6. The van der Waals surface area contributed by atoms with Crippen molar-refractivity contribution in [3.63, 3.8) is 0 Å². The average molecular weight is 388 g/mol. The summed E-state index contributed by atoms with van der Waals surface area (Å²) in [6.45, 7) is 3.49. The molecule has 1 fully saturated rings. The molecule has 1 atom stereocenters. The largest absolute Gasteiger partial charge is 0.488 e. The lowest BCUT2D eigenvalue weighted by atomic mass is 10.0. The smallest absolute Gasteiger partial charge is 0.254 e. The highest BCUT2D eigenvalue weighted by molar-refractivity contribution is 9.10. The molecule has 1 amide bonds. The van der Waals surface area contributed by atoms with E-state index in [1.54, 1.807) is 0 Å². The van der Waals surface area contributed by atoms with E-state index in [4.69, 9.17) is 4.74 Å². The number of benzene rings is 2.